The van der Waals surface area contributed by atoms with Gasteiger partial charge in [-0.05, 0) is 98.3 Å². The minimum atomic E-state index is -4.33. The second-order valence-electron chi connectivity index (χ2n) is 12.4. The number of aromatic nitrogens is 2. The van der Waals surface area contributed by atoms with Crippen LogP contribution in [0.4, 0.5) is 13.2 Å². The van der Waals surface area contributed by atoms with E-state index in [1.54, 1.807) is 12.1 Å². The molecule has 1 amide bonds. The van der Waals surface area contributed by atoms with E-state index < -0.39 is 11.7 Å². The van der Waals surface area contributed by atoms with Crippen molar-refractivity contribution in [3.8, 4) is 0 Å². The van der Waals surface area contributed by atoms with Gasteiger partial charge in [-0.15, -0.1) is 0 Å². The van der Waals surface area contributed by atoms with Crippen LogP contribution in [0.5, 0.6) is 0 Å². The Morgan fingerprint density at radius 3 is 2.11 bits per heavy atom. The third-order valence-electron chi connectivity index (χ3n) is 9.46. The monoisotopic (exact) mass is 603 g/mol. The number of benzene rings is 2. The fraction of sp³-hybridized carbons (Fsp3) is 0.429. The number of aryl methyl sites for hydroxylation is 3. The number of rotatable bonds is 6. The van der Waals surface area contributed by atoms with Crippen molar-refractivity contribution in [2.75, 3.05) is 39.3 Å². The van der Waals surface area contributed by atoms with Gasteiger partial charge >= 0.3 is 6.18 Å². The van der Waals surface area contributed by atoms with Crippen LogP contribution in [0.3, 0.4) is 0 Å². The van der Waals surface area contributed by atoms with Gasteiger partial charge in [0.05, 0.1) is 5.56 Å². The number of amides is 1. The van der Waals surface area contributed by atoms with E-state index in [1.165, 1.54) is 11.1 Å². The van der Waals surface area contributed by atoms with Crippen LogP contribution in [-0.4, -0.2) is 69.4 Å². The molecule has 2 aromatic carbocycles. The number of pyridine rings is 1. The van der Waals surface area contributed by atoms with Crippen LogP contribution < -0.4 is 0 Å². The first kappa shape index (κ1) is 30.3. The first-order chi connectivity index (χ1) is 21.1. The van der Waals surface area contributed by atoms with Crippen LogP contribution in [0.15, 0.2) is 60.8 Å². The Balaban J connectivity index is 1.08. The Hall–Kier alpha value is -3.69. The molecule has 9 heteroatoms. The summed E-state index contributed by atoms with van der Waals surface area (Å²) in [4.78, 5) is 24.8. The molecule has 0 unspecified atom stereocenters. The summed E-state index contributed by atoms with van der Waals surface area (Å²) in [6.07, 6.45) is -0.127. The molecule has 0 spiro atoms. The Morgan fingerprint density at radius 2 is 1.48 bits per heavy atom. The normalized spacial score (nSPS) is 17.5. The summed E-state index contributed by atoms with van der Waals surface area (Å²) >= 11 is 0. The van der Waals surface area contributed by atoms with Crippen LogP contribution in [0.2, 0.25) is 0 Å². The van der Waals surface area contributed by atoms with Crippen molar-refractivity contribution < 1.29 is 18.0 Å². The lowest BCUT2D eigenvalue weighted by molar-refractivity contribution is -0.137. The molecular formula is C35H40F3N5O. The number of piperidine rings is 1. The van der Waals surface area contributed by atoms with Crippen LogP contribution >= 0.6 is 0 Å². The molecule has 6 rings (SSSR count). The minimum absolute atomic E-state index is 0.0378. The number of fused-ring (bicyclic) bond motifs is 1. The average Bonchev–Trinajstić information content (AvgIpc) is 3.27. The molecular weight excluding hydrogens is 563 g/mol. The highest BCUT2D eigenvalue weighted by Gasteiger charge is 2.31. The smallest absolute Gasteiger partial charge is 0.339 e. The van der Waals surface area contributed by atoms with Gasteiger partial charge in [0.2, 0.25) is 0 Å². The quantitative estimate of drug-likeness (QED) is 0.251. The van der Waals surface area contributed by atoms with Crippen molar-refractivity contribution in [3.05, 3.63) is 100.0 Å². The first-order valence-electron chi connectivity index (χ1n) is 15.5. The van der Waals surface area contributed by atoms with Crippen LogP contribution in [0.1, 0.15) is 62.8 Å². The van der Waals surface area contributed by atoms with Gasteiger partial charge in [0.1, 0.15) is 5.69 Å². The van der Waals surface area contributed by atoms with E-state index in [9.17, 15) is 18.0 Å². The maximum absolute atomic E-state index is 13.8. The van der Waals surface area contributed by atoms with Crippen molar-refractivity contribution in [1.29, 1.82) is 0 Å². The highest BCUT2D eigenvalue weighted by Crippen LogP contribution is 2.34. The molecule has 2 aliphatic rings. The van der Waals surface area contributed by atoms with Gasteiger partial charge in [-0.3, -0.25) is 19.6 Å². The van der Waals surface area contributed by atoms with Gasteiger partial charge < -0.3 is 9.47 Å². The van der Waals surface area contributed by atoms with Crippen LogP contribution in [0, 0.1) is 13.8 Å². The molecule has 0 radical (unpaired) electrons. The van der Waals surface area contributed by atoms with Crippen molar-refractivity contribution in [1.82, 2.24) is 24.3 Å². The standard InChI is InChI=1S/C35H40F3N5O/c1-24-4-5-27(21-39-24)23-41-14-12-28(13-15-41)29-8-11-32-31(20-29)25(2)33(40(32)3)34(44)43-18-16-42(17-19-43)22-26-6-9-30(10-7-26)35(36,37)38/h4-11,20-21,28H,12-19,22-23H2,1-3H3. The molecule has 6 nitrogen and oxygen atoms in total. The lowest BCUT2D eigenvalue weighted by Crippen LogP contribution is -2.48. The molecule has 232 valence electrons. The summed E-state index contributed by atoms with van der Waals surface area (Å²) in [5.74, 6) is 0.541. The predicted molar refractivity (Wildman–Crippen MR) is 167 cm³/mol. The number of halogens is 3. The molecule has 44 heavy (non-hydrogen) atoms. The maximum Gasteiger partial charge on any atom is 0.416 e. The summed E-state index contributed by atoms with van der Waals surface area (Å²) in [6.45, 7) is 10.2. The molecule has 2 aromatic heterocycles. The molecule has 0 saturated carbocycles. The SMILES string of the molecule is Cc1ccc(CN2CCC(c3ccc4c(c3)c(C)c(C(=O)N3CCN(Cc5ccc(C(F)(F)F)cc5)CC3)n4C)CC2)cn1. The molecule has 2 fully saturated rings. The fourth-order valence-corrected chi connectivity index (χ4v) is 6.79. The number of piperazine rings is 1. The van der Waals surface area contributed by atoms with E-state index in [0.717, 1.165) is 78.0 Å². The Kier molecular flexibility index (Phi) is 8.53. The van der Waals surface area contributed by atoms with Gasteiger partial charge in [0.25, 0.3) is 5.91 Å². The number of hydrogen-bond donors (Lipinski definition) is 0. The van der Waals surface area contributed by atoms with Gasteiger partial charge in [-0.1, -0.05) is 24.3 Å². The third-order valence-corrected chi connectivity index (χ3v) is 9.46. The molecule has 2 aliphatic heterocycles. The van der Waals surface area contributed by atoms with Gasteiger partial charge in [-0.25, -0.2) is 0 Å². The highest BCUT2D eigenvalue weighted by atomic mass is 19.4. The summed E-state index contributed by atoms with van der Waals surface area (Å²) in [5, 5.41) is 1.14. The molecule has 0 atom stereocenters. The molecule has 4 aromatic rings. The van der Waals surface area contributed by atoms with E-state index in [1.807, 2.05) is 29.6 Å². The number of hydrogen-bond acceptors (Lipinski definition) is 4. The molecule has 2 saturated heterocycles. The summed E-state index contributed by atoms with van der Waals surface area (Å²) < 4.78 is 40.7. The van der Waals surface area contributed by atoms with Crippen LogP contribution in [-0.2, 0) is 26.3 Å². The van der Waals surface area contributed by atoms with Crippen LogP contribution in [0.25, 0.3) is 10.9 Å². The zero-order chi connectivity index (χ0) is 31.0. The number of nitrogens with zero attached hydrogens (tertiary/aromatic N) is 5. The average molecular weight is 604 g/mol. The lowest BCUT2D eigenvalue weighted by atomic mass is 9.88. The third kappa shape index (κ3) is 6.40. The van der Waals surface area contributed by atoms with Crippen molar-refractivity contribution in [3.63, 3.8) is 0 Å². The molecule has 0 N–H and O–H groups in total. The number of alkyl halides is 3. The Bertz CT molecular complexity index is 1610. The Morgan fingerprint density at radius 1 is 0.841 bits per heavy atom. The summed E-state index contributed by atoms with van der Waals surface area (Å²) in [7, 11) is 1.97. The van der Waals surface area contributed by atoms with Crippen molar-refractivity contribution in [2.45, 2.75) is 51.9 Å². The van der Waals surface area contributed by atoms with Gasteiger partial charge in [-0.2, -0.15) is 13.2 Å². The van der Waals surface area contributed by atoms with Gasteiger partial charge in [0, 0.05) is 69.1 Å². The molecule has 4 heterocycles. The Labute approximate surface area is 257 Å². The van der Waals surface area contributed by atoms with E-state index >= 15 is 0 Å². The second-order valence-corrected chi connectivity index (χ2v) is 12.4. The van der Waals surface area contributed by atoms with Crippen molar-refractivity contribution in [2.24, 2.45) is 7.05 Å². The molecule has 0 bridgehead atoms. The van der Waals surface area contributed by atoms with Gasteiger partial charge in [0.15, 0.2) is 0 Å². The highest BCUT2D eigenvalue weighted by molar-refractivity contribution is 6.01. The first-order valence-corrected chi connectivity index (χ1v) is 15.5. The van der Waals surface area contributed by atoms with E-state index in [-0.39, 0.29) is 5.91 Å². The van der Waals surface area contributed by atoms with Crippen molar-refractivity contribution >= 4 is 16.8 Å². The lowest BCUT2D eigenvalue weighted by Gasteiger charge is -2.35. The predicted octanol–water partition coefficient (Wildman–Crippen LogP) is 6.55. The number of carbonyl (C=O) groups is 1. The zero-order valence-corrected chi connectivity index (χ0v) is 25.7. The zero-order valence-electron chi connectivity index (χ0n) is 25.7. The topological polar surface area (TPSA) is 44.6 Å². The number of carbonyl (C=O) groups excluding carboxylic acids is 1. The minimum Gasteiger partial charge on any atom is -0.339 e. The van der Waals surface area contributed by atoms with E-state index in [2.05, 4.69) is 52.0 Å². The number of likely N-dealkylation sites (tertiary alicyclic amines) is 1. The van der Waals surface area contributed by atoms with E-state index in [4.69, 9.17) is 0 Å². The second kappa shape index (κ2) is 12.4. The molecule has 0 aliphatic carbocycles. The summed E-state index contributed by atoms with van der Waals surface area (Å²) in [6, 6.07) is 16.3. The fourth-order valence-electron chi connectivity index (χ4n) is 6.79. The van der Waals surface area contributed by atoms with E-state index in [0.29, 0.717) is 38.6 Å². The summed E-state index contributed by atoms with van der Waals surface area (Å²) in [5.41, 5.74) is 6.67. The largest absolute Gasteiger partial charge is 0.416 e. The maximum atomic E-state index is 13.8.